The Morgan fingerprint density at radius 2 is 2.03 bits per heavy atom. The lowest BCUT2D eigenvalue weighted by Gasteiger charge is -2.38. The Morgan fingerprint density at radius 3 is 2.71 bits per heavy atom. The van der Waals surface area contributed by atoms with Gasteiger partial charge in [-0.05, 0) is 42.8 Å². The van der Waals surface area contributed by atoms with Gasteiger partial charge in [-0.2, -0.15) is 0 Å². The van der Waals surface area contributed by atoms with Crippen LogP contribution < -0.4 is 20.7 Å². The normalized spacial score (nSPS) is 18.2. The van der Waals surface area contributed by atoms with Crippen LogP contribution in [0.2, 0.25) is 5.02 Å². The molecule has 3 N–H and O–H groups in total. The van der Waals surface area contributed by atoms with E-state index in [0.717, 1.165) is 12.1 Å². The number of nitrogens with one attached hydrogen (secondary N) is 3. The molecule has 0 bridgehead atoms. The quantitative estimate of drug-likeness (QED) is 0.465. The fraction of sp³-hybridized carbons (Fsp3) is 0.318. The highest BCUT2D eigenvalue weighted by Gasteiger charge is 2.33. The number of halogens is 1. The van der Waals surface area contributed by atoms with E-state index >= 15 is 0 Å². The number of benzene rings is 1. The van der Waals surface area contributed by atoms with Crippen molar-refractivity contribution in [3.63, 3.8) is 0 Å². The van der Waals surface area contributed by atoms with Gasteiger partial charge in [-0.15, -0.1) is 5.10 Å². The molecular formula is C22H24ClN7O4. The SMILES string of the molecule is COc1ccc(C2CN(CC(=O)Nc3nnco3)CCC2NC(=O)Nc2ccc(Cl)cc2)nc1. The first-order valence-corrected chi connectivity index (χ1v) is 11.0. The molecule has 1 saturated heterocycles. The van der Waals surface area contributed by atoms with E-state index in [1.165, 1.54) is 0 Å². The Kier molecular flexibility index (Phi) is 7.55. The summed E-state index contributed by atoms with van der Waals surface area (Å²) in [4.78, 5) is 31.6. The molecule has 2 aromatic heterocycles. The van der Waals surface area contributed by atoms with Gasteiger partial charge in [-0.3, -0.25) is 20.0 Å². The van der Waals surface area contributed by atoms with E-state index in [2.05, 4.69) is 31.1 Å². The second kappa shape index (κ2) is 10.9. The van der Waals surface area contributed by atoms with Crippen molar-refractivity contribution in [1.29, 1.82) is 0 Å². The van der Waals surface area contributed by atoms with Crippen LogP contribution in [0.25, 0.3) is 0 Å². The summed E-state index contributed by atoms with van der Waals surface area (Å²) in [6.45, 7) is 1.26. The topological polar surface area (TPSA) is 135 Å². The number of anilines is 2. The third kappa shape index (κ3) is 6.21. The van der Waals surface area contributed by atoms with Crippen molar-refractivity contribution in [2.45, 2.75) is 18.4 Å². The van der Waals surface area contributed by atoms with Crippen molar-refractivity contribution in [3.8, 4) is 5.75 Å². The van der Waals surface area contributed by atoms with Crippen molar-refractivity contribution in [3.05, 3.63) is 59.7 Å². The van der Waals surface area contributed by atoms with Crippen LogP contribution in [0.3, 0.4) is 0 Å². The summed E-state index contributed by atoms with van der Waals surface area (Å²) in [6, 6.07) is 10.1. The number of aromatic nitrogens is 3. The number of piperidine rings is 1. The van der Waals surface area contributed by atoms with Crippen LogP contribution in [0.15, 0.2) is 53.4 Å². The fourth-order valence-electron chi connectivity index (χ4n) is 3.83. The molecule has 4 rings (SSSR count). The monoisotopic (exact) mass is 485 g/mol. The second-order valence-corrected chi connectivity index (χ2v) is 8.19. The molecule has 12 heteroatoms. The van der Waals surface area contributed by atoms with Crippen molar-refractivity contribution >= 4 is 35.2 Å². The summed E-state index contributed by atoms with van der Waals surface area (Å²) in [6.07, 6.45) is 3.41. The van der Waals surface area contributed by atoms with Gasteiger partial charge >= 0.3 is 12.0 Å². The fourth-order valence-corrected chi connectivity index (χ4v) is 3.95. The third-order valence-electron chi connectivity index (χ3n) is 5.46. The summed E-state index contributed by atoms with van der Waals surface area (Å²) in [5.74, 6) is 0.227. The van der Waals surface area contributed by atoms with Gasteiger partial charge < -0.3 is 19.8 Å². The van der Waals surface area contributed by atoms with E-state index in [1.807, 2.05) is 17.0 Å². The lowest BCUT2D eigenvalue weighted by atomic mass is 9.88. The maximum Gasteiger partial charge on any atom is 0.322 e. The van der Waals surface area contributed by atoms with Crippen LogP contribution in [-0.4, -0.2) is 64.8 Å². The van der Waals surface area contributed by atoms with Crippen molar-refractivity contribution < 1.29 is 18.7 Å². The molecule has 1 fully saturated rings. The van der Waals surface area contributed by atoms with Crippen LogP contribution >= 0.6 is 11.6 Å². The summed E-state index contributed by atoms with van der Waals surface area (Å²) < 4.78 is 10.2. The number of carbonyl (C=O) groups excluding carboxylic acids is 2. The average molecular weight is 486 g/mol. The highest BCUT2D eigenvalue weighted by atomic mass is 35.5. The van der Waals surface area contributed by atoms with Crippen molar-refractivity contribution in [1.82, 2.24) is 25.4 Å². The van der Waals surface area contributed by atoms with Crippen molar-refractivity contribution in [2.75, 3.05) is 37.4 Å². The van der Waals surface area contributed by atoms with E-state index in [0.29, 0.717) is 36.0 Å². The number of likely N-dealkylation sites (tertiary alicyclic amines) is 1. The number of urea groups is 1. The van der Waals surface area contributed by atoms with Gasteiger partial charge in [0.2, 0.25) is 12.3 Å². The largest absolute Gasteiger partial charge is 0.495 e. The highest BCUT2D eigenvalue weighted by molar-refractivity contribution is 6.30. The molecule has 34 heavy (non-hydrogen) atoms. The van der Waals surface area contributed by atoms with Gasteiger partial charge in [-0.25, -0.2) is 4.79 Å². The number of hydrogen-bond donors (Lipinski definition) is 3. The van der Waals surface area contributed by atoms with Gasteiger partial charge in [0.15, 0.2) is 0 Å². The van der Waals surface area contributed by atoms with Gasteiger partial charge in [0, 0.05) is 41.5 Å². The molecule has 1 aliphatic rings. The number of nitrogens with zero attached hydrogens (tertiary/aromatic N) is 4. The zero-order valence-electron chi connectivity index (χ0n) is 18.4. The predicted octanol–water partition coefficient (Wildman–Crippen LogP) is 2.74. The Morgan fingerprint density at radius 1 is 1.21 bits per heavy atom. The highest BCUT2D eigenvalue weighted by Crippen LogP contribution is 2.27. The number of carbonyl (C=O) groups is 2. The van der Waals surface area contributed by atoms with Crippen LogP contribution in [0, 0.1) is 0 Å². The van der Waals surface area contributed by atoms with Gasteiger partial charge in [0.25, 0.3) is 0 Å². The minimum atomic E-state index is -0.326. The third-order valence-corrected chi connectivity index (χ3v) is 5.72. The molecular weight excluding hydrogens is 462 g/mol. The minimum Gasteiger partial charge on any atom is -0.495 e. The predicted molar refractivity (Wildman–Crippen MR) is 125 cm³/mol. The zero-order valence-corrected chi connectivity index (χ0v) is 19.2. The Balaban J connectivity index is 1.43. The molecule has 3 amide bonds. The molecule has 178 valence electrons. The molecule has 2 unspecified atom stereocenters. The zero-order chi connectivity index (χ0) is 23.9. The number of rotatable bonds is 7. The van der Waals surface area contributed by atoms with E-state index in [4.69, 9.17) is 20.8 Å². The van der Waals surface area contributed by atoms with E-state index in [-0.39, 0.29) is 36.5 Å². The number of hydrogen-bond acceptors (Lipinski definition) is 8. The van der Waals surface area contributed by atoms with Crippen LogP contribution in [0.4, 0.5) is 16.5 Å². The number of methoxy groups -OCH3 is 1. The first-order valence-electron chi connectivity index (χ1n) is 10.6. The molecule has 0 radical (unpaired) electrons. The molecule has 2 atom stereocenters. The second-order valence-electron chi connectivity index (χ2n) is 7.76. The first kappa shape index (κ1) is 23.5. The molecule has 3 heterocycles. The Bertz CT molecular complexity index is 1090. The molecule has 1 aromatic carbocycles. The average Bonchev–Trinajstić information content (AvgIpc) is 3.34. The maximum atomic E-state index is 12.7. The van der Waals surface area contributed by atoms with E-state index in [9.17, 15) is 9.59 Å². The summed E-state index contributed by atoms with van der Waals surface area (Å²) in [7, 11) is 1.58. The van der Waals surface area contributed by atoms with E-state index in [1.54, 1.807) is 37.6 Å². The molecule has 1 aliphatic heterocycles. The number of amides is 3. The standard InChI is InChI=1S/C22H24ClN7O4/c1-33-16-6-7-18(24-10-16)17-11-30(12-20(31)28-22-29-25-13-34-22)9-8-19(17)27-21(32)26-15-4-2-14(23)3-5-15/h2-7,10,13,17,19H,8-9,11-12H2,1H3,(H2,26,27,32)(H,28,29,31). The van der Waals surface area contributed by atoms with Crippen LogP contribution in [0.5, 0.6) is 5.75 Å². The smallest absolute Gasteiger partial charge is 0.322 e. The first-order chi connectivity index (χ1) is 16.5. The van der Waals surface area contributed by atoms with E-state index < -0.39 is 0 Å². The van der Waals surface area contributed by atoms with Gasteiger partial charge in [0.05, 0.1) is 19.9 Å². The summed E-state index contributed by atoms with van der Waals surface area (Å²) in [5.41, 5.74) is 1.43. The lowest BCUT2D eigenvalue weighted by Crippen LogP contribution is -2.52. The maximum absolute atomic E-state index is 12.7. The number of ether oxygens (including phenoxy) is 1. The summed E-state index contributed by atoms with van der Waals surface area (Å²) >= 11 is 5.91. The van der Waals surface area contributed by atoms with Gasteiger partial charge in [0.1, 0.15) is 5.75 Å². The molecule has 0 aliphatic carbocycles. The lowest BCUT2D eigenvalue weighted by molar-refractivity contribution is -0.117. The molecule has 3 aromatic rings. The van der Waals surface area contributed by atoms with Crippen molar-refractivity contribution in [2.24, 2.45) is 0 Å². The van der Waals surface area contributed by atoms with Crippen LogP contribution in [-0.2, 0) is 4.79 Å². The minimum absolute atomic E-state index is 0.0498. The molecule has 0 spiro atoms. The summed E-state index contributed by atoms with van der Waals surface area (Å²) in [5, 5.41) is 16.2. The molecule has 11 nitrogen and oxygen atoms in total. The Labute approximate surface area is 200 Å². The molecule has 0 saturated carbocycles. The van der Waals surface area contributed by atoms with Gasteiger partial charge in [-0.1, -0.05) is 16.7 Å². The van der Waals surface area contributed by atoms with Crippen LogP contribution in [0.1, 0.15) is 18.0 Å². The Hall–Kier alpha value is -3.70. The number of pyridine rings is 1.